The van der Waals surface area contributed by atoms with Crippen LogP contribution in [0.2, 0.25) is 0 Å². The topological polar surface area (TPSA) is 143 Å². The highest BCUT2D eigenvalue weighted by Crippen LogP contribution is 2.26. The van der Waals surface area contributed by atoms with Crippen LogP contribution in [0.25, 0.3) is 21.5 Å². The second-order valence-corrected chi connectivity index (χ2v) is 14.1. The number of benzene rings is 4. The molecule has 0 saturated carbocycles. The minimum atomic E-state index is -0.711. The minimum Gasteiger partial charge on any atom is -0.390 e. The van der Waals surface area contributed by atoms with Crippen LogP contribution < -0.4 is 22.5 Å². The van der Waals surface area contributed by atoms with Crippen LogP contribution in [-0.2, 0) is 22.4 Å². The third-order valence-electron chi connectivity index (χ3n) is 9.69. The summed E-state index contributed by atoms with van der Waals surface area (Å²) in [5.74, 6) is 0.145. The zero-order valence-electron chi connectivity index (χ0n) is 30.0. The summed E-state index contributed by atoms with van der Waals surface area (Å²) in [4.78, 5) is 36.3. The van der Waals surface area contributed by atoms with Crippen molar-refractivity contribution in [2.24, 2.45) is 28.1 Å². The molecule has 4 atom stereocenters. The lowest BCUT2D eigenvalue weighted by Gasteiger charge is -2.48. The third-order valence-corrected chi connectivity index (χ3v) is 9.69. The number of carbonyl (C=O) groups excluding carboxylic acids is 2. The van der Waals surface area contributed by atoms with Gasteiger partial charge in [-0.15, -0.1) is 0 Å². The number of nitrogens with zero attached hydrogens (tertiary/aromatic N) is 3. The van der Waals surface area contributed by atoms with Gasteiger partial charge in [0.05, 0.1) is 18.4 Å². The van der Waals surface area contributed by atoms with Crippen molar-refractivity contribution >= 4 is 39.7 Å². The summed E-state index contributed by atoms with van der Waals surface area (Å²) in [6, 6.07) is 27.1. The monoisotopic (exact) mass is 687 g/mol. The maximum absolute atomic E-state index is 14.3. The average molecular weight is 688 g/mol. The molecule has 4 aromatic rings. The van der Waals surface area contributed by atoms with Gasteiger partial charge in [0.25, 0.3) is 0 Å². The van der Waals surface area contributed by atoms with Gasteiger partial charge < -0.3 is 32.3 Å². The fraction of sp³-hybridized carbons (Fsp3) is 0.357. The molecule has 0 bridgehead atoms. The van der Waals surface area contributed by atoms with Gasteiger partial charge in [-0.1, -0.05) is 105 Å². The highest BCUT2D eigenvalue weighted by Gasteiger charge is 2.40. The van der Waals surface area contributed by atoms with E-state index < -0.39 is 12.1 Å². The quantitative estimate of drug-likeness (QED) is 0.0581. The lowest BCUT2D eigenvalue weighted by molar-refractivity contribution is -0.149. The molecule has 1 aliphatic heterocycles. The fourth-order valence-electron chi connectivity index (χ4n) is 7.15. The Kier molecular flexibility index (Phi) is 13.0. The number of carbonyl (C=O) groups is 2. The zero-order valence-corrected chi connectivity index (χ0v) is 30.0. The van der Waals surface area contributed by atoms with Crippen LogP contribution >= 0.6 is 0 Å². The van der Waals surface area contributed by atoms with Crippen molar-refractivity contribution in [2.45, 2.75) is 70.1 Å². The van der Waals surface area contributed by atoms with E-state index in [1.807, 2.05) is 40.1 Å². The summed E-state index contributed by atoms with van der Waals surface area (Å²) < 4.78 is 0. The minimum absolute atomic E-state index is 0.0801. The van der Waals surface area contributed by atoms with Gasteiger partial charge in [-0.25, -0.2) is 4.99 Å². The van der Waals surface area contributed by atoms with E-state index in [4.69, 9.17) is 17.2 Å². The van der Waals surface area contributed by atoms with Gasteiger partial charge in [0.1, 0.15) is 0 Å². The van der Waals surface area contributed by atoms with E-state index in [0.29, 0.717) is 50.5 Å². The van der Waals surface area contributed by atoms with E-state index >= 15 is 0 Å². The Balaban J connectivity index is 1.34. The van der Waals surface area contributed by atoms with Crippen molar-refractivity contribution in [2.75, 3.05) is 19.6 Å². The van der Waals surface area contributed by atoms with Crippen LogP contribution in [0.15, 0.2) is 114 Å². The second kappa shape index (κ2) is 17.8. The smallest absolute Gasteiger partial charge is 0.240 e. The molecule has 268 valence electrons. The van der Waals surface area contributed by atoms with Crippen LogP contribution in [0.3, 0.4) is 0 Å². The number of piperazine rings is 1. The maximum atomic E-state index is 14.3. The first-order valence-corrected chi connectivity index (χ1v) is 18.0. The summed E-state index contributed by atoms with van der Waals surface area (Å²) in [5, 5.41) is 7.84. The number of allylic oxidation sites excluding steroid dienone is 1. The Morgan fingerprint density at radius 3 is 1.86 bits per heavy atom. The van der Waals surface area contributed by atoms with E-state index in [-0.39, 0.29) is 23.9 Å². The number of aliphatic imine (C=N–C) groups is 1. The molecule has 9 heteroatoms. The number of nitrogens with one attached hydrogen (secondary N) is 1. The Morgan fingerprint density at radius 1 is 0.824 bits per heavy atom. The van der Waals surface area contributed by atoms with Gasteiger partial charge in [0, 0.05) is 43.6 Å². The maximum Gasteiger partial charge on any atom is 0.240 e. The van der Waals surface area contributed by atoms with Crippen molar-refractivity contribution in [1.82, 2.24) is 15.1 Å². The van der Waals surface area contributed by atoms with Crippen LogP contribution in [0, 0.1) is 5.92 Å². The number of fused-ring (bicyclic) bond motifs is 2. The predicted molar refractivity (Wildman–Crippen MR) is 210 cm³/mol. The number of amides is 2. The Morgan fingerprint density at radius 2 is 1.33 bits per heavy atom. The predicted octanol–water partition coefficient (Wildman–Crippen LogP) is 5.27. The molecule has 2 amide bonds. The molecule has 0 spiro atoms. The summed E-state index contributed by atoms with van der Waals surface area (Å²) in [6.45, 7) is 9.77. The molecule has 51 heavy (non-hydrogen) atoms. The second-order valence-electron chi connectivity index (χ2n) is 14.1. The highest BCUT2D eigenvalue weighted by molar-refractivity contribution is 5.87. The first kappa shape index (κ1) is 37.3. The van der Waals surface area contributed by atoms with Crippen LogP contribution in [0.1, 0.15) is 44.2 Å². The Bertz CT molecular complexity index is 1870. The van der Waals surface area contributed by atoms with E-state index in [1.54, 1.807) is 12.3 Å². The molecular weight excluding hydrogens is 635 g/mol. The molecule has 4 aromatic carbocycles. The molecule has 5 rings (SSSR count). The van der Waals surface area contributed by atoms with Crippen LogP contribution in [0.4, 0.5) is 0 Å². The van der Waals surface area contributed by atoms with Gasteiger partial charge in [0.15, 0.2) is 0 Å². The van der Waals surface area contributed by atoms with E-state index in [9.17, 15) is 9.59 Å². The lowest BCUT2D eigenvalue weighted by Crippen LogP contribution is -2.65. The molecule has 1 saturated heterocycles. The number of hydrogen-bond donors (Lipinski definition) is 4. The van der Waals surface area contributed by atoms with Crippen molar-refractivity contribution < 1.29 is 9.59 Å². The molecule has 1 aliphatic rings. The SMILES string of the molecule is C=C(/C=C\N=CN)NCCC[C@H]1CN(C(=O)[C@H](N)Cc2ccc3ccccc3c2)[C@H](CC(C)C)CN1C(=O)[C@H](N)Cc1ccc2ccccc2c1. The highest BCUT2D eigenvalue weighted by atomic mass is 16.2. The standard InChI is InChI=1S/C42H53N7O2/c1-29(2)21-38-27-48(41(50)39(44)24-31-14-16-33-9-4-6-11-35(33)22-31)37(13-8-19-47-30(3)18-20-46-28-43)26-49(38)42(51)40(45)25-32-15-17-34-10-5-7-12-36(34)23-32/h4-7,9-12,14-18,20,22-23,28-29,37-40,47H,3,8,13,19,21,24-27,44-45H2,1-2H3,(H2,43,46)/b20-18-/t37-,38+,39+,40+/m0/s1. The van der Waals surface area contributed by atoms with Crippen molar-refractivity contribution in [3.8, 4) is 0 Å². The number of nitrogens with two attached hydrogens (primary N) is 3. The van der Waals surface area contributed by atoms with E-state index in [2.05, 4.69) is 85.3 Å². The Labute approximate surface area is 302 Å². The van der Waals surface area contributed by atoms with Gasteiger partial charge in [-0.3, -0.25) is 9.59 Å². The molecule has 1 heterocycles. The number of hydrogen-bond acceptors (Lipinski definition) is 6. The van der Waals surface area contributed by atoms with Gasteiger partial charge >= 0.3 is 0 Å². The first-order chi connectivity index (χ1) is 24.6. The number of rotatable bonds is 15. The molecule has 1 fully saturated rings. The molecule has 0 aromatic heterocycles. The van der Waals surface area contributed by atoms with Crippen molar-refractivity contribution in [3.63, 3.8) is 0 Å². The van der Waals surface area contributed by atoms with E-state index in [1.165, 1.54) is 6.34 Å². The summed E-state index contributed by atoms with van der Waals surface area (Å²) in [7, 11) is 0. The van der Waals surface area contributed by atoms with Gasteiger partial charge in [0.2, 0.25) is 11.8 Å². The van der Waals surface area contributed by atoms with Crippen molar-refractivity contribution in [1.29, 1.82) is 0 Å². The molecule has 0 radical (unpaired) electrons. The molecule has 9 nitrogen and oxygen atoms in total. The molecular formula is C42H53N7O2. The summed E-state index contributed by atoms with van der Waals surface area (Å²) in [5.41, 5.74) is 21.5. The van der Waals surface area contributed by atoms with Gasteiger partial charge in [-0.2, -0.15) is 0 Å². The van der Waals surface area contributed by atoms with Gasteiger partial charge in [-0.05, 0) is 76.8 Å². The van der Waals surface area contributed by atoms with Crippen molar-refractivity contribution in [3.05, 3.63) is 121 Å². The summed E-state index contributed by atoms with van der Waals surface area (Å²) >= 11 is 0. The molecule has 7 N–H and O–H groups in total. The Hall–Kier alpha value is -4.99. The van der Waals surface area contributed by atoms with E-state index in [0.717, 1.165) is 45.5 Å². The lowest BCUT2D eigenvalue weighted by atomic mass is 9.93. The zero-order chi connectivity index (χ0) is 36.3. The fourth-order valence-corrected chi connectivity index (χ4v) is 7.15. The molecule has 0 aliphatic carbocycles. The van der Waals surface area contributed by atoms with Crippen LogP contribution in [0.5, 0.6) is 0 Å². The average Bonchev–Trinajstić information content (AvgIpc) is 3.12. The van der Waals surface area contributed by atoms with Crippen LogP contribution in [-0.4, -0.2) is 71.8 Å². The largest absolute Gasteiger partial charge is 0.390 e. The summed E-state index contributed by atoms with van der Waals surface area (Å²) in [6.07, 6.45) is 7.60. The first-order valence-electron chi connectivity index (χ1n) is 18.0. The normalized spacial score (nSPS) is 17.8. The third kappa shape index (κ3) is 10.1. The molecule has 0 unspecified atom stereocenters.